The van der Waals surface area contributed by atoms with Crippen LogP contribution in [-0.2, 0) is 51.1 Å². The van der Waals surface area contributed by atoms with Gasteiger partial charge in [0.05, 0.1) is 33.9 Å². The number of aromatic amines is 1. The number of aryl methyl sites for hydroxylation is 1. The number of halogens is 3. The SMILES string of the molecule is Cl.O=C1CCC(N2C(=O)C3=CC(=O)C(N4CCN(CC5CCN(C(=O)COCC(=O)N6CCC(c7nn(-c8nc9cc(Cl)ccc9[nH]8)c(O)c7CCc7ccc(F)cc7)CC6)CC5)CC4)C=C3C2=O)C(=O)N1. The molecular formula is C50H55Cl2FN10O9. The first kappa shape index (κ1) is 50.6. The number of hydrogen-bond donors (Lipinski definition) is 3. The van der Waals surface area contributed by atoms with Gasteiger partial charge in [-0.25, -0.2) is 9.37 Å². The fraction of sp³-hybridized carbons (Fsp3) is 0.460. The molecule has 2 unspecified atom stereocenters. The summed E-state index contributed by atoms with van der Waals surface area (Å²) in [4.78, 5) is 107. The largest absolute Gasteiger partial charge is 0.493 e. The molecule has 2 aromatic carbocycles. The summed E-state index contributed by atoms with van der Waals surface area (Å²) in [5.74, 6) is -2.85. The Morgan fingerprint density at radius 2 is 1.49 bits per heavy atom. The van der Waals surface area contributed by atoms with Crippen molar-refractivity contribution in [3.8, 4) is 11.8 Å². The first-order valence-corrected chi connectivity index (χ1v) is 24.7. The molecular weight excluding hydrogens is 975 g/mol. The summed E-state index contributed by atoms with van der Waals surface area (Å²) >= 11 is 6.20. The molecule has 3 N–H and O–H groups in total. The van der Waals surface area contributed by atoms with Gasteiger partial charge in [0, 0.05) is 81.8 Å². The molecule has 0 radical (unpaired) electrons. The molecule has 380 valence electrons. The summed E-state index contributed by atoms with van der Waals surface area (Å²) < 4.78 is 20.7. The van der Waals surface area contributed by atoms with Gasteiger partial charge >= 0.3 is 0 Å². The summed E-state index contributed by atoms with van der Waals surface area (Å²) in [5.41, 5.74) is 3.77. The molecule has 10 rings (SSSR count). The number of nitrogens with zero attached hydrogens (tertiary/aromatic N) is 8. The van der Waals surface area contributed by atoms with Gasteiger partial charge in [-0.1, -0.05) is 23.7 Å². The average molecular weight is 1030 g/mol. The average Bonchev–Trinajstić information content (AvgIpc) is 4.01. The second-order valence-corrected chi connectivity index (χ2v) is 19.6. The predicted octanol–water partition coefficient (Wildman–Crippen LogP) is 3.01. The highest BCUT2D eigenvalue weighted by Crippen LogP contribution is 2.37. The minimum Gasteiger partial charge on any atom is -0.493 e. The molecule has 6 aliphatic rings. The number of piperidine rings is 3. The molecule has 19 nitrogen and oxygen atoms in total. The van der Waals surface area contributed by atoms with E-state index in [-0.39, 0.29) is 84.8 Å². The van der Waals surface area contributed by atoms with Crippen LogP contribution >= 0.6 is 24.0 Å². The number of imide groups is 2. The van der Waals surface area contributed by atoms with Crippen molar-refractivity contribution in [1.82, 2.24) is 49.6 Å². The zero-order valence-corrected chi connectivity index (χ0v) is 41.0. The third-order valence-electron chi connectivity index (χ3n) is 14.8. The summed E-state index contributed by atoms with van der Waals surface area (Å²) in [5, 5.41) is 19.2. The number of fused-ring (bicyclic) bond motifs is 2. The molecule has 1 aliphatic carbocycles. The van der Waals surface area contributed by atoms with Crippen LogP contribution in [0.15, 0.2) is 65.8 Å². The molecule has 4 aromatic rings. The number of ketones is 1. The van der Waals surface area contributed by atoms with Crippen LogP contribution in [0.1, 0.15) is 61.3 Å². The molecule has 0 saturated carbocycles. The zero-order chi connectivity index (χ0) is 49.5. The van der Waals surface area contributed by atoms with E-state index in [1.54, 1.807) is 40.1 Å². The number of imidazole rings is 1. The molecule has 5 aliphatic heterocycles. The highest BCUT2D eigenvalue weighted by molar-refractivity contribution is 6.31. The van der Waals surface area contributed by atoms with E-state index < -0.39 is 35.7 Å². The van der Waals surface area contributed by atoms with Gasteiger partial charge in [0.1, 0.15) is 25.1 Å². The maximum Gasteiger partial charge on any atom is 0.262 e. The van der Waals surface area contributed by atoms with E-state index in [1.165, 1.54) is 22.9 Å². The minimum atomic E-state index is -1.10. The van der Waals surface area contributed by atoms with Gasteiger partial charge in [0.15, 0.2) is 5.78 Å². The number of carbonyl (C=O) groups excluding carboxylic acids is 7. The number of benzene rings is 2. The molecule has 2 aromatic heterocycles. The van der Waals surface area contributed by atoms with Gasteiger partial charge in [-0.3, -0.25) is 48.7 Å². The van der Waals surface area contributed by atoms with E-state index >= 15 is 0 Å². The topological polar surface area (TPSA) is 224 Å². The fourth-order valence-electron chi connectivity index (χ4n) is 10.8. The Morgan fingerprint density at radius 3 is 2.17 bits per heavy atom. The molecule has 0 bridgehead atoms. The highest BCUT2D eigenvalue weighted by Gasteiger charge is 2.49. The number of hydrogen-bond acceptors (Lipinski definition) is 13. The Labute approximate surface area is 424 Å². The number of likely N-dealkylation sites (tertiary alicyclic amines) is 3. The first-order chi connectivity index (χ1) is 34.3. The van der Waals surface area contributed by atoms with Gasteiger partial charge < -0.3 is 29.5 Å². The van der Waals surface area contributed by atoms with E-state index in [1.807, 2.05) is 11.0 Å². The summed E-state index contributed by atoms with van der Waals surface area (Å²) in [6.45, 7) is 5.03. The Balaban J connectivity index is 0.00000640. The number of rotatable bonds is 13. The highest BCUT2D eigenvalue weighted by atomic mass is 35.5. The zero-order valence-electron chi connectivity index (χ0n) is 39.4. The van der Waals surface area contributed by atoms with E-state index in [0.717, 1.165) is 41.1 Å². The van der Waals surface area contributed by atoms with Crippen LogP contribution in [0, 0.1) is 11.7 Å². The summed E-state index contributed by atoms with van der Waals surface area (Å²) in [6, 6.07) is 9.76. The van der Waals surface area contributed by atoms with Gasteiger partial charge in [-0.2, -0.15) is 9.78 Å². The molecule has 0 spiro atoms. The Hall–Kier alpha value is -6.32. The maximum atomic E-state index is 13.6. The number of piperazine rings is 1. The van der Waals surface area contributed by atoms with Gasteiger partial charge in [0.25, 0.3) is 11.8 Å². The molecule has 22 heteroatoms. The quantitative estimate of drug-likeness (QED) is 0.164. The monoisotopic (exact) mass is 1030 g/mol. The number of ether oxygens (including phenoxy) is 1. The Morgan fingerprint density at radius 1 is 0.819 bits per heavy atom. The van der Waals surface area contributed by atoms with Crippen LogP contribution in [0.25, 0.3) is 17.0 Å². The van der Waals surface area contributed by atoms with Crippen LogP contribution in [0.4, 0.5) is 4.39 Å². The van der Waals surface area contributed by atoms with Crippen molar-refractivity contribution in [2.24, 2.45) is 5.92 Å². The van der Waals surface area contributed by atoms with Crippen LogP contribution in [0.2, 0.25) is 5.02 Å². The number of aromatic hydroxyl groups is 1. The Bertz CT molecular complexity index is 2860. The number of carbonyl (C=O) groups is 7. The second-order valence-electron chi connectivity index (χ2n) is 19.2. The van der Waals surface area contributed by atoms with E-state index in [4.69, 9.17) is 21.4 Å². The van der Waals surface area contributed by atoms with Crippen LogP contribution in [0.5, 0.6) is 5.88 Å². The van der Waals surface area contributed by atoms with E-state index in [2.05, 4.69) is 20.2 Å². The van der Waals surface area contributed by atoms with Gasteiger partial charge in [-0.15, -0.1) is 12.4 Å². The first-order valence-electron chi connectivity index (χ1n) is 24.3. The van der Waals surface area contributed by atoms with Crippen molar-refractivity contribution in [2.75, 3.05) is 72.1 Å². The molecule has 2 atom stereocenters. The third-order valence-corrected chi connectivity index (χ3v) is 15.0. The van der Waals surface area contributed by atoms with Crippen molar-refractivity contribution in [3.63, 3.8) is 0 Å². The molecule has 7 heterocycles. The van der Waals surface area contributed by atoms with Crippen molar-refractivity contribution in [1.29, 1.82) is 0 Å². The molecule has 6 amide bonds. The second kappa shape index (κ2) is 21.4. The minimum absolute atomic E-state index is 0. The van der Waals surface area contributed by atoms with Gasteiger partial charge in [-0.05, 0) is 98.9 Å². The van der Waals surface area contributed by atoms with Crippen LogP contribution in [-0.4, -0.2) is 175 Å². The number of H-pyrrole nitrogens is 1. The molecule has 5 fully saturated rings. The number of nitrogens with one attached hydrogen (secondary N) is 2. The maximum absolute atomic E-state index is 13.6. The van der Waals surface area contributed by atoms with Crippen LogP contribution < -0.4 is 5.32 Å². The smallest absolute Gasteiger partial charge is 0.262 e. The molecule has 72 heavy (non-hydrogen) atoms. The summed E-state index contributed by atoms with van der Waals surface area (Å²) in [7, 11) is 0. The van der Waals surface area contributed by atoms with Crippen molar-refractivity contribution < 1.29 is 47.8 Å². The predicted molar refractivity (Wildman–Crippen MR) is 261 cm³/mol. The Kier molecular flexibility index (Phi) is 15.1. The van der Waals surface area contributed by atoms with E-state index in [9.17, 15) is 43.1 Å². The molecule has 5 saturated heterocycles. The lowest BCUT2D eigenvalue weighted by molar-refractivity contribution is -0.149. The van der Waals surface area contributed by atoms with E-state index in [0.29, 0.717) is 106 Å². The van der Waals surface area contributed by atoms with Crippen molar-refractivity contribution in [3.05, 3.63) is 93.4 Å². The lowest BCUT2D eigenvalue weighted by atomic mass is 9.89. The van der Waals surface area contributed by atoms with Gasteiger partial charge in [0.2, 0.25) is 35.5 Å². The fourth-order valence-corrected chi connectivity index (χ4v) is 10.9. The van der Waals surface area contributed by atoms with Crippen LogP contribution in [0.3, 0.4) is 0 Å². The lowest BCUT2D eigenvalue weighted by Gasteiger charge is -2.40. The third kappa shape index (κ3) is 10.5. The number of amides is 6. The van der Waals surface area contributed by atoms with Crippen molar-refractivity contribution >= 4 is 76.3 Å². The number of aromatic nitrogens is 4. The summed E-state index contributed by atoms with van der Waals surface area (Å²) in [6.07, 6.45) is 6.64. The lowest BCUT2D eigenvalue weighted by Crippen LogP contribution is -2.54. The van der Waals surface area contributed by atoms with Crippen molar-refractivity contribution in [2.45, 2.75) is 69.4 Å². The normalized spacial score (nSPS) is 21.8. The standard InChI is InChI=1S/C50H54ClFN10O9.ClH/c51-32-4-8-37-38(23-32)54-50(53-37)62-49(70)34(7-3-29-1-5-33(52)6-2-29)45(56-62)31-13-17-60(18-14-31)44(66)28-71-27-43(65)59-15-11-30(12-16-59)26-57-19-21-58(22-20-57)40-24-35-36(25-41(40)63)48(69)61(47(35)68)39-9-10-42(64)55-46(39)67;/h1-2,4-6,8,23-25,30-31,39-40,70H,3,7,9-22,26-28H2,(H,53,54)(H,55,64,67);1H.